The SMILES string of the molecule is COc1ccc(Oc2ccc(I)cc2N)c(Br)c1. The maximum atomic E-state index is 5.91. The second kappa shape index (κ2) is 5.79. The normalized spacial score (nSPS) is 10.2. The van der Waals surface area contributed by atoms with E-state index in [0.29, 0.717) is 17.2 Å². The number of ether oxygens (including phenoxy) is 2. The maximum Gasteiger partial charge on any atom is 0.150 e. The summed E-state index contributed by atoms with van der Waals surface area (Å²) in [6.45, 7) is 0. The Balaban J connectivity index is 2.28. The molecule has 0 fully saturated rings. The largest absolute Gasteiger partial charge is 0.497 e. The van der Waals surface area contributed by atoms with E-state index in [0.717, 1.165) is 13.8 Å². The highest BCUT2D eigenvalue weighted by Gasteiger charge is 2.07. The molecule has 0 aliphatic heterocycles. The molecule has 2 N–H and O–H groups in total. The molecule has 0 saturated carbocycles. The van der Waals surface area contributed by atoms with Gasteiger partial charge in [-0.15, -0.1) is 0 Å². The summed E-state index contributed by atoms with van der Waals surface area (Å²) in [4.78, 5) is 0. The summed E-state index contributed by atoms with van der Waals surface area (Å²) < 4.78 is 12.8. The van der Waals surface area contributed by atoms with Crippen LogP contribution in [0.3, 0.4) is 0 Å². The van der Waals surface area contributed by atoms with Crippen molar-refractivity contribution in [3.8, 4) is 17.2 Å². The Bertz CT molecular complexity index is 575. The Morgan fingerprint density at radius 2 is 1.83 bits per heavy atom. The predicted octanol–water partition coefficient (Wildman–Crippen LogP) is 4.44. The van der Waals surface area contributed by atoms with Crippen LogP contribution in [0, 0.1) is 3.57 Å². The Kier molecular flexibility index (Phi) is 4.34. The molecule has 18 heavy (non-hydrogen) atoms. The average molecular weight is 420 g/mol. The zero-order valence-corrected chi connectivity index (χ0v) is 13.4. The molecule has 5 heteroatoms. The van der Waals surface area contributed by atoms with Crippen molar-refractivity contribution in [2.45, 2.75) is 0 Å². The molecule has 0 heterocycles. The van der Waals surface area contributed by atoms with Crippen LogP contribution in [0.15, 0.2) is 40.9 Å². The minimum Gasteiger partial charge on any atom is -0.497 e. The molecule has 0 aliphatic rings. The number of halogens is 2. The Morgan fingerprint density at radius 3 is 2.44 bits per heavy atom. The van der Waals surface area contributed by atoms with Gasteiger partial charge in [-0.05, 0) is 74.9 Å². The van der Waals surface area contributed by atoms with Crippen LogP contribution in [0.5, 0.6) is 17.2 Å². The molecule has 0 unspecified atom stereocenters. The Morgan fingerprint density at radius 1 is 1.11 bits per heavy atom. The van der Waals surface area contributed by atoms with Crippen LogP contribution in [-0.4, -0.2) is 7.11 Å². The van der Waals surface area contributed by atoms with E-state index in [-0.39, 0.29) is 0 Å². The van der Waals surface area contributed by atoms with E-state index in [2.05, 4.69) is 38.5 Å². The second-order valence-corrected chi connectivity index (χ2v) is 5.68. The van der Waals surface area contributed by atoms with Crippen molar-refractivity contribution in [1.82, 2.24) is 0 Å². The molecular formula is C13H11BrINO2. The number of hydrogen-bond donors (Lipinski definition) is 1. The smallest absolute Gasteiger partial charge is 0.150 e. The molecule has 0 spiro atoms. The van der Waals surface area contributed by atoms with Gasteiger partial charge in [0.2, 0.25) is 0 Å². The van der Waals surface area contributed by atoms with Crippen molar-refractivity contribution < 1.29 is 9.47 Å². The van der Waals surface area contributed by atoms with E-state index in [1.165, 1.54) is 0 Å². The summed E-state index contributed by atoms with van der Waals surface area (Å²) in [7, 11) is 1.62. The molecule has 2 rings (SSSR count). The number of benzene rings is 2. The lowest BCUT2D eigenvalue weighted by atomic mass is 10.3. The van der Waals surface area contributed by atoms with Crippen LogP contribution < -0.4 is 15.2 Å². The number of nitrogens with two attached hydrogens (primary N) is 1. The topological polar surface area (TPSA) is 44.5 Å². The van der Waals surface area contributed by atoms with Crippen LogP contribution in [0.4, 0.5) is 5.69 Å². The highest BCUT2D eigenvalue weighted by Crippen LogP contribution is 2.35. The van der Waals surface area contributed by atoms with Gasteiger partial charge >= 0.3 is 0 Å². The first-order valence-corrected chi connectivity index (χ1v) is 7.04. The van der Waals surface area contributed by atoms with E-state index in [4.69, 9.17) is 15.2 Å². The number of hydrogen-bond acceptors (Lipinski definition) is 3. The van der Waals surface area contributed by atoms with E-state index >= 15 is 0 Å². The fourth-order valence-corrected chi connectivity index (χ4v) is 2.38. The number of methoxy groups -OCH3 is 1. The number of nitrogen functional groups attached to an aromatic ring is 1. The minimum absolute atomic E-state index is 0.615. The van der Waals surface area contributed by atoms with Crippen LogP contribution >= 0.6 is 38.5 Å². The molecule has 94 valence electrons. The van der Waals surface area contributed by atoms with Gasteiger partial charge in [-0.1, -0.05) is 0 Å². The molecule has 0 saturated heterocycles. The van der Waals surface area contributed by atoms with E-state index in [1.54, 1.807) is 7.11 Å². The van der Waals surface area contributed by atoms with Gasteiger partial charge in [0.1, 0.15) is 17.2 Å². The van der Waals surface area contributed by atoms with Gasteiger partial charge in [0, 0.05) is 3.57 Å². The third kappa shape index (κ3) is 3.08. The minimum atomic E-state index is 0.615. The summed E-state index contributed by atoms with van der Waals surface area (Å²) in [5, 5.41) is 0. The lowest BCUT2D eigenvalue weighted by molar-refractivity contribution is 0.412. The first-order valence-electron chi connectivity index (χ1n) is 5.16. The van der Waals surface area contributed by atoms with Gasteiger partial charge in [-0.3, -0.25) is 0 Å². The van der Waals surface area contributed by atoms with E-state index < -0.39 is 0 Å². The van der Waals surface area contributed by atoms with Crippen molar-refractivity contribution >= 4 is 44.2 Å². The van der Waals surface area contributed by atoms with Gasteiger partial charge in [0.05, 0.1) is 17.3 Å². The van der Waals surface area contributed by atoms with Crippen LogP contribution in [0.25, 0.3) is 0 Å². The number of rotatable bonds is 3. The lowest BCUT2D eigenvalue weighted by Gasteiger charge is -2.11. The van der Waals surface area contributed by atoms with Gasteiger partial charge in [-0.25, -0.2) is 0 Å². The van der Waals surface area contributed by atoms with Crippen LogP contribution in [0.1, 0.15) is 0 Å². The van der Waals surface area contributed by atoms with Crippen molar-refractivity contribution in [2.75, 3.05) is 12.8 Å². The van der Waals surface area contributed by atoms with E-state index in [1.807, 2.05) is 36.4 Å². The molecule has 0 radical (unpaired) electrons. The fraction of sp³-hybridized carbons (Fsp3) is 0.0769. The summed E-state index contributed by atoms with van der Waals surface area (Å²) in [5.74, 6) is 2.11. The second-order valence-electron chi connectivity index (χ2n) is 3.58. The van der Waals surface area contributed by atoms with Crippen LogP contribution in [0.2, 0.25) is 0 Å². The summed E-state index contributed by atoms with van der Waals surface area (Å²) >= 11 is 5.64. The standard InChI is InChI=1S/C13H11BrINO2/c1-17-9-3-5-12(10(14)7-9)18-13-4-2-8(15)6-11(13)16/h2-7H,16H2,1H3. The Labute approximate surface area is 128 Å². The molecule has 0 amide bonds. The van der Waals surface area contributed by atoms with Gasteiger partial charge in [-0.2, -0.15) is 0 Å². The third-order valence-electron chi connectivity index (χ3n) is 2.33. The summed E-state index contributed by atoms with van der Waals surface area (Å²) in [5.41, 5.74) is 6.52. The lowest BCUT2D eigenvalue weighted by Crippen LogP contribution is -1.93. The molecule has 2 aromatic carbocycles. The predicted molar refractivity (Wildman–Crippen MR) is 84.3 cm³/mol. The Hall–Kier alpha value is -0.950. The molecular weight excluding hydrogens is 409 g/mol. The van der Waals surface area contributed by atoms with Gasteiger partial charge in [0.15, 0.2) is 0 Å². The number of anilines is 1. The summed E-state index contributed by atoms with van der Waals surface area (Å²) in [6, 6.07) is 11.2. The first kappa shape index (κ1) is 13.5. The van der Waals surface area contributed by atoms with Gasteiger partial charge < -0.3 is 15.2 Å². The third-order valence-corrected chi connectivity index (χ3v) is 3.62. The molecule has 2 aromatic rings. The first-order chi connectivity index (χ1) is 8.60. The molecule has 3 nitrogen and oxygen atoms in total. The fourth-order valence-electron chi connectivity index (χ4n) is 1.42. The average Bonchev–Trinajstić information content (AvgIpc) is 2.34. The van der Waals surface area contributed by atoms with Crippen LogP contribution in [-0.2, 0) is 0 Å². The molecule has 0 aromatic heterocycles. The monoisotopic (exact) mass is 419 g/mol. The molecule has 0 aliphatic carbocycles. The highest BCUT2D eigenvalue weighted by atomic mass is 127. The van der Waals surface area contributed by atoms with Crippen molar-refractivity contribution in [3.05, 3.63) is 44.4 Å². The zero-order valence-electron chi connectivity index (χ0n) is 9.61. The van der Waals surface area contributed by atoms with Crippen molar-refractivity contribution in [2.24, 2.45) is 0 Å². The zero-order chi connectivity index (χ0) is 13.1. The molecule has 0 atom stereocenters. The highest BCUT2D eigenvalue weighted by molar-refractivity contribution is 14.1. The molecule has 0 bridgehead atoms. The summed E-state index contributed by atoms with van der Waals surface area (Å²) in [6.07, 6.45) is 0. The quantitative estimate of drug-likeness (QED) is 0.590. The van der Waals surface area contributed by atoms with Crippen molar-refractivity contribution in [3.63, 3.8) is 0 Å². The maximum absolute atomic E-state index is 5.91. The van der Waals surface area contributed by atoms with Gasteiger partial charge in [0.25, 0.3) is 0 Å². The van der Waals surface area contributed by atoms with E-state index in [9.17, 15) is 0 Å². The van der Waals surface area contributed by atoms with Crippen molar-refractivity contribution in [1.29, 1.82) is 0 Å².